The highest BCUT2D eigenvalue weighted by Crippen LogP contribution is 2.60. The molecule has 0 saturated carbocycles. The molecule has 0 radical (unpaired) electrons. The molecular formula is C11H12F13NO2S. The van der Waals surface area contributed by atoms with Gasteiger partial charge in [0.15, 0.2) is 0 Å². The van der Waals surface area contributed by atoms with E-state index < -0.39 is 66.1 Å². The Balaban J connectivity index is 0. The molecule has 170 valence electrons. The fourth-order valence-corrected chi connectivity index (χ4v) is 2.33. The first-order chi connectivity index (χ1) is 11.7. The lowest BCUT2D eigenvalue weighted by Crippen LogP contribution is -2.70. The molecule has 0 aromatic heterocycles. The molecule has 28 heavy (non-hydrogen) atoms. The van der Waals surface area contributed by atoms with Gasteiger partial charge >= 0.3 is 35.8 Å². The number of carbonyl (C=O) groups is 1. The van der Waals surface area contributed by atoms with Crippen LogP contribution in [-0.2, 0) is 4.79 Å². The maximum atomic E-state index is 13.3. The predicted octanol–water partition coefficient (Wildman–Crippen LogP) is 4.36. The molecule has 4 N–H and O–H groups in total. The summed E-state index contributed by atoms with van der Waals surface area (Å²) in [6.07, 6.45) is -10.6. The number of carboxylic acid groups (broad SMARTS) is 1. The minimum atomic E-state index is -7.91. The minimum absolute atomic E-state index is 0. The number of hydrogen-bond acceptors (Lipinski definition) is 3. The third kappa shape index (κ3) is 5.07. The van der Waals surface area contributed by atoms with E-state index in [2.05, 4.69) is 0 Å². The molecule has 0 aliphatic heterocycles. The number of rotatable bonds is 10. The molecule has 0 heterocycles. The Morgan fingerprint density at radius 2 is 1.07 bits per heavy atom. The van der Waals surface area contributed by atoms with Crippen LogP contribution in [0.2, 0.25) is 0 Å². The number of aliphatic carboxylic acids is 1. The fraction of sp³-hybridized carbons (Fsp3) is 0.909. The molecule has 0 rings (SSSR count). The van der Waals surface area contributed by atoms with Crippen molar-refractivity contribution in [1.29, 1.82) is 0 Å². The summed E-state index contributed by atoms with van der Waals surface area (Å²) in [5, 5.41) is 10.00. The lowest BCUT2D eigenvalue weighted by atomic mass is 9.93. The van der Waals surface area contributed by atoms with Gasteiger partial charge in [-0.2, -0.15) is 68.8 Å². The van der Waals surface area contributed by atoms with Crippen LogP contribution in [0.25, 0.3) is 0 Å². The third-order valence-corrected chi connectivity index (χ3v) is 3.99. The van der Waals surface area contributed by atoms with Crippen molar-refractivity contribution in [3.8, 4) is 0 Å². The molecule has 0 aromatic carbocycles. The first-order valence-electron chi connectivity index (χ1n) is 6.40. The zero-order chi connectivity index (χ0) is 22.1. The highest BCUT2D eigenvalue weighted by Gasteiger charge is 2.90. The molecule has 0 aliphatic carbocycles. The topological polar surface area (TPSA) is 76.6 Å². The van der Waals surface area contributed by atoms with Crippen molar-refractivity contribution < 1.29 is 67.0 Å². The Bertz CT molecular complexity index is 535. The van der Waals surface area contributed by atoms with Crippen LogP contribution in [-0.4, -0.2) is 53.3 Å². The summed E-state index contributed by atoms with van der Waals surface area (Å²) in [6.45, 7) is 0. The molecule has 17 heteroatoms. The van der Waals surface area contributed by atoms with Gasteiger partial charge in [0.05, 0.1) is 0 Å². The smallest absolute Gasteiger partial charge is 0.460 e. The van der Waals surface area contributed by atoms with Gasteiger partial charge < -0.3 is 16.1 Å². The monoisotopic (exact) mass is 469 g/mol. The normalized spacial score (nSPS) is 14.6. The van der Waals surface area contributed by atoms with Crippen molar-refractivity contribution >= 4 is 17.7 Å². The number of quaternary nitrogens is 1. The van der Waals surface area contributed by atoms with E-state index in [1.54, 1.807) is 0 Å². The van der Waals surface area contributed by atoms with Crippen molar-refractivity contribution in [2.75, 3.05) is 11.5 Å². The predicted molar refractivity (Wildman–Crippen MR) is 68.3 cm³/mol. The highest BCUT2D eigenvalue weighted by molar-refractivity contribution is 7.99. The van der Waals surface area contributed by atoms with Gasteiger partial charge in [0.1, 0.15) is 0 Å². The van der Waals surface area contributed by atoms with E-state index in [0.29, 0.717) is 0 Å². The van der Waals surface area contributed by atoms with Gasteiger partial charge in [0.2, 0.25) is 0 Å². The number of alkyl halides is 13. The summed E-state index contributed by atoms with van der Waals surface area (Å²) >= 11 is 0.158. The van der Waals surface area contributed by atoms with Gasteiger partial charge in [-0.3, -0.25) is 0 Å². The molecule has 0 amide bonds. The number of thioether (sulfide) groups is 1. The van der Waals surface area contributed by atoms with E-state index in [1.165, 1.54) is 0 Å². The van der Waals surface area contributed by atoms with Crippen molar-refractivity contribution in [2.24, 2.45) is 0 Å². The second-order valence-corrected chi connectivity index (χ2v) is 6.21. The van der Waals surface area contributed by atoms with E-state index >= 15 is 0 Å². The molecule has 3 nitrogen and oxygen atoms in total. The largest absolute Gasteiger partial charge is 0.550 e. The van der Waals surface area contributed by atoms with Gasteiger partial charge in [0, 0.05) is 12.4 Å². The summed E-state index contributed by atoms with van der Waals surface area (Å²) in [7, 11) is 0. The van der Waals surface area contributed by atoms with Crippen LogP contribution in [0.5, 0.6) is 0 Å². The Hall–Kier alpha value is -1.13. The second kappa shape index (κ2) is 8.71. The first-order valence-corrected chi connectivity index (χ1v) is 7.55. The van der Waals surface area contributed by atoms with Gasteiger partial charge in [-0.15, -0.1) is 0 Å². The molecule has 0 unspecified atom stereocenters. The first kappa shape index (κ1) is 29.1. The molecule has 0 aromatic rings. The molecule has 0 saturated heterocycles. The van der Waals surface area contributed by atoms with Crippen molar-refractivity contribution in [3.63, 3.8) is 0 Å². The Labute approximate surface area is 152 Å². The summed E-state index contributed by atoms with van der Waals surface area (Å²) < 4.78 is 166. The Morgan fingerprint density at radius 3 is 1.43 bits per heavy atom. The number of carbonyl (C=O) groups excluding carboxylic acids is 1. The number of halogens is 13. The van der Waals surface area contributed by atoms with Gasteiger partial charge in [0.25, 0.3) is 0 Å². The lowest BCUT2D eigenvalue weighted by Gasteiger charge is -2.39. The Kier molecular flexibility index (Phi) is 9.04. The summed E-state index contributed by atoms with van der Waals surface area (Å²) in [6, 6.07) is 0. The molecule has 0 fully saturated rings. The number of hydrogen-bond donors (Lipinski definition) is 1. The average molecular weight is 469 g/mol. The van der Waals surface area contributed by atoms with E-state index in [4.69, 9.17) is 0 Å². The van der Waals surface area contributed by atoms with E-state index in [9.17, 15) is 67.0 Å². The van der Waals surface area contributed by atoms with E-state index in [-0.39, 0.29) is 17.9 Å². The van der Waals surface area contributed by atoms with Crippen molar-refractivity contribution in [3.05, 3.63) is 0 Å². The van der Waals surface area contributed by atoms with Crippen LogP contribution in [0.15, 0.2) is 0 Å². The Morgan fingerprint density at radius 1 is 0.679 bits per heavy atom. The van der Waals surface area contributed by atoms with Crippen LogP contribution in [0.1, 0.15) is 12.8 Å². The standard InChI is InChI=1S/C11H9F13O2S.H3N/c12-6(13,2-4-27-3-1-5(25)26)7(14,15)8(16,17)9(18,19)10(20,21)11(22,23)24;/h1-4H2,(H,25,26);1H3. The summed E-state index contributed by atoms with van der Waals surface area (Å²) in [5.74, 6) is -40.3. The van der Waals surface area contributed by atoms with Crippen LogP contribution in [0.4, 0.5) is 57.1 Å². The van der Waals surface area contributed by atoms with E-state index in [1.807, 2.05) is 0 Å². The third-order valence-electron chi connectivity index (χ3n) is 3.01. The maximum Gasteiger partial charge on any atom is 0.460 e. The van der Waals surface area contributed by atoms with Crippen LogP contribution in [0, 0.1) is 0 Å². The quantitative estimate of drug-likeness (QED) is 0.382. The molecule has 0 spiro atoms. The van der Waals surface area contributed by atoms with Crippen LogP contribution in [0.3, 0.4) is 0 Å². The van der Waals surface area contributed by atoms with Gasteiger partial charge in [-0.25, -0.2) is 0 Å². The summed E-state index contributed by atoms with van der Waals surface area (Å²) in [4.78, 5) is 10.00. The lowest BCUT2D eigenvalue weighted by molar-refractivity contribution is -0.439. The molecular weight excluding hydrogens is 457 g/mol. The van der Waals surface area contributed by atoms with Crippen LogP contribution < -0.4 is 11.3 Å². The SMILES string of the molecule is O=C([O-])CCSCCC(F)(F)C(F)(F)C(F)(F)C(F)(F)C(F)(F)C(F)(F)F.[NH4+]. The highest BCUT2D eigenvalue weighted by atomic mass is 32.2. The van der Waals surface area contributed by atoms with Gasteiger partial charge in [-0.05, 0) is 17.9 Å². The number of carboxylic acids is 1. The minimum Gasteiger partial charge on any atom is -0.550 e. The fourth-order valence-electron chi connectivity index (χ4n) is 1.42. The average Bonchev–Trinajstić information content (AvgIpc) is 2.44. The van der Waals surface area contributed by atoms with E-state index in [0.717, 1.165) is 0 Å². The van der Waals surface area contributed by atoms with Crippen molar-refractivity contribution in [1.82, 2.24) is 6.15 Å². The molecule has 0 atom stereocenters. The van der Waals surface area contributed by atoms with Crippen molar-refractivity contribution in [2.45, 2.75) is 48.6 Å². The zero-order valence-electron chi connectivity index (χ0n) is 13.5. The maximum absolute atomic E-state index is 13.3. The van der Waals surface area contributed by atoms with Crippen LogP contribution >= 0.6 is 11.8 Å². The summed E-state index contributed by atoms with van der Waals surface area (Å²) in [5.41, 5.74) is 0. The second-order valence-electron chi connectivity index (χ2n) is 4.98. The van der Waals surface area contributed by atoms with Gasteiger partial charge in [-0.1, -0.05) is 0 Å². The zero-order valence-corrected chi connectivity index (χ0v) is 14.3. The molecule has 0 aliphatic rings. The molecule has 0 bridgehead atoms.